The molecule has 5 heteroatoms. The predicted octanol–water partition coefficient (Wildman–Crippen LogP) is 2.10. The van der Waals surface area contributed by atoms with Crippen molar-refractivity contribution in [3.63, 3.8) is 0 Å². The third-order valence-corrected chi connectivity index (χ3v) is 2.79. The molecule has 0 fully saturated rings. The zero-order valence-electron chi connectivity index (χ0n) is 11.2. The molecule has 0 saturated carbocycles. The molecule has 2 heterocycles. The van der Waals surface area contributed by atoms with Gasteiger partial charge in [-0.3, -0.25) is 4.79 Å². The van der Waals surface area contributed by atoms with Gasteiger partial charge in [-0.15, -0.1) is 0 Å². The quantitative estimate of drug-likeness (QED) is 0.900. The van der Waals surface area contributed by atoms with E-state index < -0.39 is 0 Å². The fourth-order valence-electron chi connectivity index (χ4n) is 2.00. The van der Waals surface area contributed by atoms with Crippen molar-refractivity contribution < 1.29 is 0 Å². The number of hydrogen-bond donors (Lipinski definition) is 1. The Bertz CT molecular complexity index is 631. The number of rotatable bonds is 3. The molecule has 2 aromatic heterocycles. The maximum absolute atomic E-state index is 12.1. The third-order valence-electron chi connectivity index (χ3n) is 2.79. The summed E-state index contributed by atoms with van der Waals surface area (Å²) in [5.74, 6) is 1.53. The normalized spacial score (nSPS) is 11.4. The molecule has 0 amide bonds. The molecule has 2 aromatic rings. The molecule has 0 aliphatic heterocycles. The highest BCUT2D eigenvalue weighted by molar-refractivity contribution is 5.76. The molecular weight excluding hydrogens is 228 g/mol. The Hall–Kier alpha value is -1.78. The minimum absolute atomic E-state index is 0.132. The lowest BCUT2D eigenvalue weighted by Crippen LogP contribution is -2.16. The predicted molar refractivity (Wildman–Crippen MR) is 70.8 cm³/mol. The van der Waals surface area contributed by atoms with Gasteiger partial charge in [0.1, 0.15) is 17.0 Å². The molecule has 0 aliphatic rings. The number of aryl methyl sites for hydroxylation is 2. The topological polar surface area (TPSA) is 71.5 Å². The summed E-state index contributed by atoms with van der Waals surface area (Å²) in [5, 5.41) is 0.524. The van der Waals surface area contributed by atoms with Gasteiger partial charge in [-0.1, -0.05) is 20.8 Å². The first-order valence-corrected chi connectivity index (χ1v) is 6.30. The van der Waals surface area contributed by atoms with Crippen LogP contribution >= 0.6 is 0 Å². The highest BCUT2D eigenvalue weighted by Crippen LogP contribution is 2.18. The SMILES string of the molecule is CCCc1nc2nc(C)nc(C(C)C)c2c(=O)[nH]1. The Kier molecular flexibility index (Phi) is 3.41. The van der Waals surface area contributed by atoms with E-state index in [4.69, 9.17) is 0 Å². The van der Waals surface area contributed by atoms with Crippen molar-refractivity contribution in [1.29, 1.82) is 0 Å². The van der Waals surface area contributed by atoms with Gasteiger partial charge in [-0.05, 0) is 19.3 Å². The van der Waals surface area contributed by atoms with Crippen molar-refractivity contribution in [3.8, 4) is 0 Å². The summed E-state index contributed by atoms with van der Waals surface area (Å²) >= 11 is 0. The lowest BCUT2D eigenvalue weighted by molar-refractivity contribution is 0.799. The molecular formula is C13H18N4O. The largest absolute Gasteiger partial charge is 0.310 e. The van der Waals surface area contributed by atoms with Crippen LogP contribution in [0.2, 0.25) is 0 Å². The number of aromatic nitrogens is 4. The van der Waals surface area contributed by atoms with Crippen LogP contribution in [0.1, 0.15) is 50.5 Å². The lowest BCUT2D eigenvalue weighted by atomic mass is 10.1. The summed E-state index contributed by atoms with van der Waals surface area (Å²) in [5.41, 5.74) is 1.15. The van der Waals surface area contributed by atoms with Crippen LogP contribution in [-0.4, -0.2) is 19.9 Å². The number of hydrogen-bond acceptors (Lipinski definition) is 4. The van der Waals surface area contributed by atoms with Gasteiger partial charge in [0, 0.05) is 6.42 Å². The van der Waals surface area contributed by atoms with Gasteiger partial charge in [0.25, 0.3) is 5.56 Å². The molecule has 0 aliphatic carbocycles. The van der Waals surface area contributed by atoms with Crippen LogP contribution in [0.3, 0.4) is 0 Å². The van der Waals surface area contributed by atoms with Crippen molar-refractivity contribution in [1.82, 2.24) is 19.9 Å². The fraction of sp³-hybridized carbons (Fsp3) is 0.538. The molecule has 0 aromatic carbocycles. The van der Waals surface area contributed by atoms with Gasteiger partial charge in [-0.25, -0.2) is 15.0 Å². The first kappa shape index (κ1) is 12.7. The van der Waals surface area contributed by atoms with Crippen LogP contribution < -0.4 is 5.56 Å². The second-order valence-electron chi connectivity index (χ2n) is 4.77. The van der Waals surface area contributed by atoms with Crippen LogP contribution in [0.4, 0.5) is 0 Å². The minimum atomic E-state index is -0.132. The van der Waals surface area contributed by atoms with Crippen LogP contribution in [0.25, 0.3) is 11.0 Å². The highest BCUT2D eigenvalue weighted by Gasteiger charge is 2.14. The molecule has 0 saturated heterocycles. The van der Waals surface area contributed by atoms with Crippen LogP contribution in [0.15, 0.2) is 4.79 Å². The highest BCUT2D eigenvalue weighted by atomic mass is 16.1. The van der Waals surface area contributed by atoms with E-state index in [0.717, 1.165) is 18.5 Å². The minimum Gasteiger partial charge on any atom is -0.310 e. The third kappa shape index (κ3) is 2.25. The van der Waals surface area contributed by atoms with Crippen molar-refractivity contribution in [3.05, 3.63) is 27.7 Å². The van der Waals surface area contributed by atoms with E-state index in [1.807, 2.05) is 20.8 Å². The summed E-state index contributed by atoms with van der Waals surface area (Å²) in [4.78, 5) is 28.0. The number of fused-ring (bicyclic) bond motifs is 1. The number of H-pyrrole nitrogens is 1. The Labute approximate surface area is 106 Å². The molecule has 0 radical (unpaired) electrons. The maximum Gasteiger partial charge on any atom is 0.262 e. The first-order valence-electron chi connectivity index (χ1n) is 6.30. The molecule has 0 unspecified atom stereocenters. The Morgan fingerprint density at radius 2 is 1.94 bits per heavy atom. The zero-order valence-corrected chi connectivity index (χ0v) is 11.2. The summed E-state index contributed by atoms with van der Waals surface area (Å²) < 4.78 is 0. The van der Waals surface area contributed by atoms with Crippen molar-refractivity contribution in [2.75, 3.05) is 0 Å². The molecule has 0 atom stereocenters. The molecule has 5 nitrogen and oxygen atoms in total. The molecule has 18 heavy (non-hydrogen) atoms. The first-order chi connectivity index (χ1) is 8.52. The van der Waals surface area contributed by atoms with Crippen molar-refractivity contribution in [2.45, 2.75) is 46.5 Å². The van der Waals surface area contributed by atoms with Gasteiger partial charge in [0.15, 0.2) is 5.65 Å². The number of nitrogens with one attached hydrogen (secondary N) is 1. The lowest BCUT2D eigenvalue weighted by Gasteiger charge is -2.09. The van der Waals surface area contributed by atoms with E-state index in [2.05, 4.69) is 26.9 Å². The van der Waals surface area contributed by atoms with Crippen molar-refractivity contribution >= 4 is 11.0 Å². The van der Waals surface area contributed by atoms with Crippen LogP contribution in [-0.2, 0) is 6.42 Å². The van der Waals surface area contributed by atoms with Gasteiger partial charge < -0.3 is 4.98 Å². The van der Waals surface area contributed by atoms with Gasteiger partial charge in [0.05, 0.1) is 5.69 Å². The number of nitrogens with zero attached hydrogens (tertiary/aromatic N) is 3. The smallest absolute Gasteiger partial charge is 0.262 e. The van der Waals surface area contributed by atoms with E-state index in [1.165, 1.54) is 0 Å². The van der Waals surface area contributed by atoms with Crippen LogP contribution in [0.5, 0.6) is 0 Å². The molecule has 2 rings (SSSR count). The summed E-state index contributed by atoms with van der Waals surface area (Å²) in [6, 6.07) is 0. The van der Waals surface area contributed by atoms with Gasteiger partial charge in [-0.2, -0.15) is 0 Å². The van der Waals surface area contributed by atoms with Crippen LogP contribution in [0, 0.1) is 6.92 Å². The van der Waals surface area contributed by atoms with Gasteiger partial charge >= 0.3 is 0 Å². The van der Waals surface area contributed by atoms with E-state index in [0.29, 0.717) is 22.7 Å². The van der Waals surface area contributed by atoms with Gasteiger partial charge in [0.2, 0.25) is 0 Å². The van der Waals surface area contributed by atoms with E-state index in [-0.39, 0.29) is 11.5 Å². The second-order valence-corrected chi connectivity index (χ2v) is 4.77. The Morgan fingerprint density at radius 3 is 2.56 bits per heavy atom. The monoisotopic (exact) mass is 246 g/mol. The van der Waals surface area contributed by atoms with E-state index in [1.54, 1.807) is 0 Å². The standard InChI is InChI=1S/C13H18N4O/c1-5-6-9-16-12-10(13(18)17-9)11(7(2)3)14-8(4)15-12/h7H,5-6H2,1-4H3,(H,14,15,16,17,18). The van der Waals surface area contributed by atoms with Crippen molar-refractivity contribution in [2.24, 2.45) is 0 Å². The molecule has 0 bridgehead atoms. The second kappa shape index (κ2) is 4.84. The molecule has 1 N–H and O–H groups in total. The molecule has 0 spiro atoms. The maximum atomic E-state index is 12.1. The Morgan fingerprint density at radius 1 is 1.22 bits per heavy atom. The van der Waals surface area contributed by atoms with E-state index >= 15 is 0 Å². The average molecular weight is 246 g/mol. The molecule has 96 valence electrons. The number of aromatic amines is 1. The van der Waals surface area contributed by atoms with E-state index in [9.17, 15) is 4.79 Å². The Balaban J connectivity index is 2.78. The summed E-state index contributed by atoms with van der Waals surface area (Å²) in [6.45, 7) is 7.91. The summed E-state index contributed by atoms with van der Waals surface area (Å²) in [7, 11) is 0. The zero-order chi connectivity index (χ0) is 13.3. The average Bonchev–Trinajstić information content (AvgIpc) is 2.27. The summed E-state index contributed by atoms with van der Waals surface area (Å²) in [6.07, 6.45) is 1.70. The fourth-order valence-corrected chi connectivity index (χ4v) is 2.00.